The van der Waals surface area contributed by atoms with E-state index in [2.05, 4.69) is 31.8 Å². The Hall–Kier alpha value is -2.83. The van der Waals surface area contributed by atoms with Gasteiger partial charge in [-0.25, -0.2) is 4.98 Å². The molecular weight excluding hydrogens is 347 g/mol. The first kappa shape index (κ1) is 16.6. The van der Waals surface area contributed by atoms with Gasteiger partial charge in [0.2, 0.25) is 5.95 Å². The summed E-state index contributed by atoms with van der Waals surface area (Å²) in [6.07, 6.45) is 0.827. The van der Waals surface area contributed by atoms with E-state index in [9.17, 15) is 13.2 Å². The summed E-state index contributed by atoms with van der Waals surface area (Å²) in [5.74, 6) is 0.0720. The third kappa shape index (κ3) is 3.05. The van der Waals surface area contributed by atoms with Gasteiger partial charge < -0.3 is 10.6 Å². The van der Waals surface area contributed by atoms with Crippen molar-refractivity contribution in [2.24, 2.45) is 5.92 Å². The highest BCUT2D eigenvalue weighted by Crippen LogP contribution is 2.47. The molecule has 0 saturated heterocycles. The molecule has 4 rings (SSSR count). The van der Waals surface area contributed by atoms with Gasteiger partial charge in [0.05, 0.1) is 29.4 Å². The first-order chi connectivity index (χ1) is 12.4. The summed E-state index contributed by atoms with van der Waals surface area (Å²) in [6, 6.07) is 2.29. The van der Waals surface area contributed by atoms with E-state index in [-0.39, 0.29) is 23.7 Å². The molecular formula is C16H16F3N7. The Kier molecular flexibility index (Phi) is 3.75. The van der Waals surface area contributed by atoms with Gasteiger partial charge in [0.15, 0.2) is 0 Å². The molecule has 2 aliphatic carbocycles. The van der Waals surface area contributed by atoms with E-state index < -0.39 is 11.7 Å². The summed E-state index contributed by atoms with van der Waals surface area (Å²) in [5.41, 5.74) is 0.611. The molecule has 0 spiro atoms. The monoisotopic (exact) mass is 363 g/mol. The SMILES string of the molecule is CNc1nc(Nc2cn([C@@H]3CC3C#N)nc2C2CC2)ncc1C(F)(F)F. The molecule has 0 aliphatic heterocycles. The van der Waals surface area contributed by atoms with Crippen molar-refractivity contribution in [3.05, 3.63) is 23.7 Å². The van der Waals surface area contributed by atoms with Crippen LogP contribution in [0, 0.1) is 17.2 Å². The van der Waals surface area contributed by atoms with Crippen LogP contribution in [0.4, 0.5) is 30.6 Å². The fraction of sp³-hybridized carbons (Fsp3) is 0.500. The summed E-state index contributed by atoms with van der Waals surface area (Å²) in [7, 11) is 1.38. The number of nitrogens with one attached hydrogen (secondary N) is 2. The van der Waals surface area contributed by atoms with Gasteiger partial charge in [-0.3, -0.25) is 4.68 Å². The van der Waals surface area contributed by atoms with Gasteiger partial charge in [-0.1, -0.05) is 0 Å². The molecule has 2 aromatic rings. The Bertz CT molecular complexity index is 879. The van der Waals surface area contributed by atoms with Gasteiger partial charge in [0.25, 0.3) is 0 Å². The van der Waals surface area contributed by atoms with Crippen molar-refractivity contribution in [2.75, 3.05) is 17.7 Å². The lowest BCUT2D eigenvalue weighted by atomic mass is 10.2. The van der Waals surface area contributed by atoms with E-state index in [0.717, 1.165) is 31.2 Å². The molecule has 0 radical (unpaired) electrons. The number of nitriles is 1. The molecule has 2 aliphatic rings. The fourth-order valence-corrected chi connectivity index (χ4v) is 2.90. The largest absolute Gasteiger partial charge is 0.421 e. The van der Waals surface area contributed by atoms with E-state index in [0.29, 0.717) is 11.6 Å². The molecule has 10 heteroatoms. The first-order valence-corrected chi connectivity index (χ1v) is 8.28. The van der Waals surface area contributed by atoms with Gasteiger partial charge in [0.1, 0.15) is 11.4 Å². The highest BCUT2D eigenvalue weighted by Gasteiger charge is 2.41. The Balaban J connectivity index is 1.62. The maximum absolute atomic E-state index is 13.0. The van der Waals surface area contributed by atoms with Crippen LogP contribution in [0.5, 0.6) is 0 Å². The standard InChI is InChI=1S/C16H16F3N7/c1-21-14-10(16(17,18)19)6-22-15(24-14)23-11-7-26(12-4-9(12)5-20)25-13(11)8-2-3-8/h6-9,12H,2-4H2,1H3,(H2,21,22,23,24)/t9?,12-/m1/s1. The van der Waals surface area contributed by atoms with Gasteiger partial charge >= 0.3 is 6.18 Å². The van der Waals surface area contributed by atoms with Crippen LogP contribution in [-0.2, 0) is 6.18 Å². The minimum absolute atomic E-state index is 0.0342. The molecule has 0 amide bonds. The number of hydrogen-bond donors (Lipinski definition) is 2. The summed E-state index contributed by atoms with van der Waals surface area (Å²) in [5, 5.41) is 19.0. The normalized spacial score (nSPS) is 22.0. The van der Waals surface area contributed by atoms with Crippen LogP contribution in [0.2, 0.25) is 0 Å². The zero-order valence-corrected chi connectivity index (χ0v) is 13.9. The Labute approximate surface area is 147 Å². The second kappa shape index (κ2) is 5.86. The van der Waals surface area contributed by atoms with Crippen molar-refractivity contribution in [2.45, 2.75) is 37.4 Å². The molecule has 1 unspecified atom stereocenters. The highest BCUT2D eigenvalue weighted by atomic mass is 19.4. The molecule has 7 nitrogen and oxygen atoms in total. The summed E-state index contributed by atoms with van der Waals surface area (Å²) >= 11 is 0. The zero-order chi connectivity index (χ0) is 18.5. The number of hydrogen-bond acceptors (Lipinski definition) is 6. The fourth-order valence-electron chi connectivity index (χ4n) is 2.90. The van der Waals surface area contributed by atoms with E-state index in [4.69, 9.17) is 5.26 Å². The number of rotatable bonds is 5. The molecule has 0 bridgehead atoms. The molecule has 0 aromatic carbocycles. The maximum atomic E-state index is 13.0. The van der Waals surface area contributed by atoms with Crippen LogP contribution in [0.25, 0.3) is 0 Å². The van der Waals surface area contributed by atoms with E-state index in [1.807, 2.05) is 0 Å². The van der Waals surface area contributed by atoms with Crippen LogP contribution in [0.3, 0.4) is 0 Å². The number of halogens is 3. The third-order valence-corrected chi connectivity index (χ3v) is 4.56. The van der Waals surface area contributed by atoms with Crippen molar-refractivity contribution in [1.29, 1.82) is 5.26 Å². The average Bonchev–Trinajstić information content (AvgIpc) is 3.52. The summed E-state index contributed by atoms with van der Waals surface area (Å²) < 4.78 is 40.7. The van der Waals surface area contributed by atoms with Crippen LogP contribution in [-0.4, -0.2) is 26.8 Å². The number of aromatic nitrogens is 4. The lowest BCUT2D eigenvalue weighted by Gasteiger charge is -2.12. The molecule has 2 heterocycles. The van der Waals surface area contributed by atoms with Crippen molar-refractivity contribution < 1.29 is 13.2 Å². The second-order valence-corrected chi connectivity index (χ2v) is 6.55. The van der Waals surface area contributed by atoms with E-state index in [1.165, 1.54) is 7.05 Å². The van der Waals surface area contributed by atoms with Gasteiger partial charge in [0, 0.05) is 25.4 Å². The Morgan fingerprint density at radius 3 is 2.69 bits per heavy atom. The van der Waals surface area contributed by atoms with Crippen LogP contribution in [0.15, 0.2) is 12.4 Å². The summed E-state index contributed by atoms with van der Waals surface area (Å²) in [4.78, 5) is 7.73. The lowest BCUT2D eigenvalue weighted by molar-refractivity contribution is -0.137. The molecule has 2 fully saturated rings. The molecule has 2 saturated carbocycles. The summed E-state index contributed by atoms with van der Waals surface area (Å²) in [6.45, 7) is 0. The zero-order valence-electron chi connectivity index (χ0n) is 13.9. The number of alkyl halides is 3. The van der Waals surface area contributed by atoms with Crippen LogP contribution in [0.1, 0.15) is 42.5 Å². The Morgan fingerprint density at radius 2 is 2.12 bits per heavy atom. The third-order valence-electron chi connectivity index (χ3n) is 4.56. The predicted octanol–water partition coefficient (Wildman–Crippen LogP) is 3.44. The van der Waals surface area contributed by atoms with Crippen molar-refractivity contribution in [3.8, 4) is 6.07 Å². The van der Waals surface area contributed by atoms with E-state index in [1.54, 1.807) is 10.9 Å². The van der Waals surface area contributed by atoms with Gasteiger partial charge in [-0.2, -0.15) is 28.5 Å². The van der Waals surface area contributed by atoms with Gasteiger partial charge in [-0.15, -0.1) is 0 Å². The quantitative estimate of drug-likeness (QED) is 0.846. The molecule has 2 N–H and O–H groups in total. The van der Waals surface area contributed by atoms with Crippen molar-refractivity contribution >= 4 is 17.5 Å². The number of nitrogens with zero attached hydrogens (tertiary/aromatic N) is 5. The van der Waals surface area contributed by atoms with Crippen LogP contribution < -0.4 is 10.6 Å². The first-order valence-electron chi connectivity index (χ1n) is 8.28. The van der Waals surface area contributed by atoms with E-state index >= 15 is 0 Å². The van der Waals surface area contributed by atoms with Gasteiger partial charge in [-0.05, 0) is 19.3 Å². The van der Waals surface area contributed by atoms with Crippen molar-refractivity contribution in [3.63, 3.8) is 0 Å². The molecule has 136 valence electrons. The molecule has 26 heavy (non-hydrogen) atoms. The predicted molar refractivity (Wildman–Crippen MR) is 86.8 cm³/mol. The average molecular weight is 363 g/mol. The van der Waals surface area contributed by atoms with Crippen LogP contribution >= 0.6 is 0 Å². The minimum Gasteiger partial charge on any atom is -0.372 e. The topological polar surface area (TPSA) is 91.5 Å². The molecule has 2 atom stereocenters. The molecule has 2 aromatic heterocycles. The highest BCUT2D eigenvalue weighted by molar-refractivity contribution is 5.59. The minimum atomic E-state index is -4.53. The second-order valence-electron chi connectivity index (χ2n) is 6.55. The number of anilines is 3. The lowest BCUT2D eigenvalue weighted by Crippen LogP contribution is -2.12. The Morgan fingerprint density at radius 1 is 1.35 bits per heavy atom. The smallest absolute Gasteiger partial charge is 0.372 e. The van der Waals surface area contributed by atoms with Crippen molar-refractivity contribution in [1.82, 2.24) is 19.7 Å². The maximum Gasteiger partial charge on any atom is 0.421 e.